The molecule has 0 unspecified atom stereocenters. The van der Waals surface area contributed by atoms with E-state index >= 15 is 0 Å². The van der Waals surface area contributed by atoms with E-state index in [1.807, 2.05) is 0 Å². The Balaban J connectivity index is 1.63. The first-order valence-electron chi connectivity index (χ1n) is 11.8. The van der Waals surface area contributed by atoms with Gasteiger partial charge in [0.2, 0.25) is 5.91 Å². The maximum atomic E-state index is 13.6. The quantitative estimate of drug-likeness (QED) is 0.547. The van der Waals surface area contributed by atoms with Gasteiger partial charge in [-0.05, 0) is 61.6 Å². The van der Waals surface area contributed by atoms with E-state index in [1.54, 1.807) is 16.2 Å². The fourth-order valence-electron chi connectivity index (χ4n) is 5.50. The predicted octanol–water partition coefficient (Wildman–Crippen LogP) is 5.98. The third-order valence-corrected chi connectivity index (χ3v) is 8.46. The summed E-state index contributed by atoms with van der Waals surface area (Å²) in [7, 11) is 0. The van der Waals surface area contributed by atoms with Crippen LogP contribution in [0, 0.1) is 11.3 Å². The van der Waals surface area contributed by atoms with Crippen molar-refractivity contribution in [2.24, 2.45) is 0 Å². The standard InChI is InChI=1S/C27H28N2O2S/c1-2-17-11-13-18(14-12-17)20-15-25(31)29(22-8-6-9-23(30)26(20)22)27-21(16-28)19-7-4-3-5-10-24(19)32-27/h11-14,20H,2-10,15H2,1H3/t20-/m1/s1. The third-order valence-electron chi connectivity index (χ3n) is 7.18. The second-order valence-corrected chi connectivity index (χ2v) is 10.2. The smallest absolute Gasteiger partial charge is 0.232 e. The van der Waals surface area contributed by atoms with Crippen molar-refractivity contribution in [3.05, 3.63) is 62.7 Å². The molecule has 5 heteroatoms. The van der Waals surface area contributed by atoms with Crippen LogP contribution in [0.3, 0.4) is 0 Å². The highest BCUT2D eigenvalue weighted by molar-refractivity contribution is 7.16. The van der Waals surface area contributed by atoms with Gasteiger partial charge in [-0.1, -0.05) is 37.6 Å². The van der Waals surface area contributed by atoms with Crippen molar-refractivity contribution in [3.63, 3.8) is 0 Å². The molecule has 0 fully saturated rings. The number of thiophene rings is 1. The fourth-order valence-corrected chi connectivity index (χ4v) is 6.88. The molecular weight excluding hydrogens is 416 g/mol. The van der Waals surface area contributed by atoms with Crippen LogP contribution in [0.5, 0.6) is 0 Å². The van der Waals surface area contributed by atoms with Gasteiger partial charge in [0.1, 0.15) is 11.1 Å². The first-order valence-corrected chi connectivity index (χ1v) is 12.7. The number of hydrogen-bond donors (Lipinski definition) is 0. The summed E-state index contributed by atoms with van der Waals surface area (Å²) in [5.41, 5.74) is 5.73. The second-order valence-electron chi connectivity index (χ2n) is 9.07. The molecule has 1 aliphatic heterocycles. The van der Waals surface area contributed by atoms with Crippen LogP contribution >= 0.6 is 11.3 Å². The van der Waals surface area contributed by atoms with E-state index in [2.05, 4.69) is 37.3 Å². The molecule has 0 spiro atoms. The van der Waals surface area contributed by atoms with Crippen molar-refractivity contribution in [2.75, 3.05) is 4.90 Å². The van der Waals surface area contributed by atoms with Gasteiger partial charge >= 0.3 is 0 Å². The van der Waals surface area contributed by atoms with Crippen LogP contribution in [-0.2, 0) is 28.9 Å². The summed E-state index contributed by atoms with van der Waals surface area (Å²) in [4.78, 5) is 29.8. The summed E-state index contributed by atoms with van der Waals surface area (Å²) in [5, 5.41) is 10.8. The molecule has 1 atom stereocenters. The summed E-state index contributed by atoms with van der Waals surface area (Å²) >= 11 is 1.61. The van der Waals surface area contributed by atoms with E-state index in [0.717, 1.165) is 65.9 Å². The summed E-state index contributed by atoms with van der Waals surface area (Å²) in [6.45, 7) is 2.12. The molecule has 4 nitrogen and oxygen atoms in total. The number of carbonyl (C=O) groups excluding carboxylic acids is 2. The van der Waals surface area contributed by atoms with Crippen molar-refractivity contribution >= 4 is 28.0 Å². The van der Waals surface area contributed by atoms with Crippen molar-refractivity contribution < 1.29 is 9.59 Å². The first-order chi connectivity index (χ1) is 15.6. The molecule has 1 aromatic heterocycles. The molecule has 0 saturated carbocycles. The Morgan fingerprint density at radius 2 is 1.81 bits per heavy atom. The summed E-state index contributed by atoms with van der Waals surface area (Å²) in [5.74, 6) is -0.0170. The van der Waals surface area contributed by atoms with Crippen LogP contribution in [0.2, 0.25) is 0 Å². The van der Waals surface area contributed by atoms with E-state index < -0.39 is 0 Å². The van der Waals surface area contributed by atoms with E-state index in [1.165, 1.54) is 16.9 Å². The van der Waals surface area contributed by atoms with Crippen LogP contribution < -0.4 is 4.90 Å². The second kappa shape index (κ2) is 8.67. The van der Waals surface area contributed by atoms with Gasteiger partial charge in [-0.2, -0.15) is 5.26 Å². The number of anilines is 1. The predicted molar refractivity (Wildman–Crippen MR) is 127 cm³/mol. The SMILES string of the molecule is CCc1ccc([C@H]2CC(=O)N(c3sc4c(c3C#N)CCCCC4)C3=C2C(=O)CCC3)cc1. The van der Waals surface area contributed by atoms with Gasteiger partial charge in [0.05, 0.1) is 5.56 Å². The van der Waals surface area contributed by atoms with E-state index in [0.29, 0.717) is 18.4 Å². The number of rotatable bonds is 3. The van der Waals surface area contributed by atoms with Crippen LogP contribution in [0.1, 0.15) is 84.9 Å². The third kappa shape index (κ3) is 3.51. The molecule has 1 amide bonds. The summed E-state index contributed by atoms with van der Waals surface area (Å²) < 4.78 is 0. The molecule has 1 aromatic carbocycles. The minimum atomic E-state index is -0.184. The lowest BCUT2D eigenvalue weighted by atomic mass is 9.77. The van der Waals surface area contributed by atoms with Gasteiger partial charge in [0, 0.05) is 34.9 Å². The summed E-state index contributed by atoms with van der Waals surface area (Å²) in [6.07, 6.45) is 8.56. The number of amides is 1. The van der Waals surface area contributed by atoms with Crippen molar-refractivity contribution in [3.8, 4) is 6.07 Å². The Hall–Kier alpha value is -2.71. The van der Waals surface area contributed by atoms with E-state index in [4.69, 9.17) is 0 Å². The number of ketones is 1. The fraction of sp³-hybridized carbons (Fsp3) is 0.444. The van der Waals surface area contributed by atoms with Gasteiger partial charge in [-0.25, -0.2) is 0 Å². The molecule has 164 valence electrons. The van der Waals surface area contributed by atoms with Crippen molar-refractivity contribution in [1.82, 2.24) is 0 Å². The molecule has 32 heavy (non-hydrogen) atoms. The van der Waals surface area contributed by atoms with Crippen LogP contribution in [0.4, 0.5) is 5.00 Å². The molecule has 0 bridgehead atoms. The van der Waals surface area contributed by atoms with Crippen LogP contribution in [-0.4, -0.2) is 11.7 Å². The van der Waals surface area contributed by atoms with Gasteiger partial charge in [0.25, 0.3) is 0 Å². The van der Waals surface area contributed by atoms with Crippen molar-refractivity contribution in [1.29, 1.82) is 5.26 Å². The highest BCUT2D eigenvalue weighted by atomic mass is 32.1. The number of benzene rings is 1. The maximum Gasteiger partial charge on any atom is 0.232 e. The normalized spacial score (nSPS) is 21.1. The number of nitrogens with zero attached hydrogens (tertiary/aromatic N) is 2. The van der Waals surface area contributed by atoms with Crippen molar-refractivity contribution in [2.45, 2.75) is 77.0 Å². The van der Waals surface area contributed by atoms with E-state index in [9.17, 15) is 14.9 Å². The average molecular weight is 445 g/mol. The summed E-state index contributed by atoms with van der Waals surface area (Å²) in [6, 6.07) is 10.8. The zero-order valence-electron chi connectivity index (χ0n) is 18.6. The Morgan fingerprint density at radius 1 is 1.03 bits per heavy atom. The van der Waals surface area contributed by atoms with Gasteiger partial charge < -0.3 is 0 Å². The minimum Gasteiger partial charge on any atom is -0.294 e. The molecule has 2 heterocycles. The van der Waals surface area contributed by atoms with E-state index in [-0.39, 0.29) is 24.0 Å². The van der Waals surface area contributed by atoms with Crippen LogP contribution in [0.15, 0.2) is 35.5 Å². The lowest BCUT2D eigenvalue weighted by Crippen LogP contribution is -2.40. The van der Waals surface area contributed by atoms with Gasteiger partial charge in [-0.3, -0.25) is 14.5 Å². The highest BCUT2D eigenvalue weighted by Crippen LogP contribution is 2.47. The Morgan fingerprint density at radius 3 is 2.56 bits per heavy atom. The molecule has 2 aromatic rings. The Kier molecular flexibility index (Phi) is 5.73. The topological polar surface area (TPSA) is 61.2 Å². The Labute approximate surface area is 193 Å². The molecule has 0 saturated heterocycles. The minimum absolute atomic E-state index is 0.0101. The lowest BCUT2D eigenvalue weighted by molar-refractivity contribution is -0.119. The number of nitriles is 1. The molecule has 0 radical (unpaired) electrons. The monoisotopic (exact) mass is 444 g/mol. The van der Waals surface area contributed by atoms with Gasteiger partial charge in [0.15, 0.2) is 5.78 Å². The number of fused-ring (bicyclic) bond motifs is 1. The molecule has 3 aliphatic rings. The number of Topliss-reactive ketones (excluding diaryl/α,β-unsaturated/α-hetero) is 1. The van der Waals surface area contributed by atoms with Crippen LogP contribution in [0.25, 0.3) is 0 Å². The average Bonchev–Trinajstić information content (AvgIpc) is 2.98. The zero-order valence-corrected chi connectivity index (χ0v) is 19.4. The number of carbonyl (C=O) groups is 2. The maximum absolute atomic E-state index is 13.6. The van der Waals surface area contributed by atoms with Gasteiger partial charge in [-0.15, -0.1) is 11.3 Å². The number of aryl methyl sites for hydroxylation is 2. The number of allylic oxidation sites excluding steroid dienone is 2. The molecule has 2 aliphatic carbocycles. The zero-order chi connectivity index (χ0) is 22.2. The molecule has 0 N–H and O–H groups in total. The number of hydrogen-bond acceptors (Lipinski definition) is 4. The highest BCUT2D eigenvalue weighted by Gasteiger charge is 2.41. The first kappa shape index (κ1) is 21.2. The Bertz CT molecular complexity index is 1150. The molecule has 5 rings (SSSR count). The molecular formula is C27H28N2O2S. The largest absolute Gasteiger partial charge is 0.294 e. The lowest BCUT2D eigenvalue weighted by Gasteiger charge is -2.38.